The average Bonchev–Trinajstić information content (AvgIpc) is 2.62. The fourth-order valence-electron chi connectivity index (χ4n) is 2.41. The molecular weight excluding hydrogens is 306 g/mol. The van der Waals surface area contributed by atoms with Crippen LogP contribution in [0.4, 0.5) is 0 Å². The van der Waals surface area contributed by atoms with E-state index >= 15 is 0 Å². The number of aromatic nitrogens is 3. The number of esters is 1. The summed E-state index contributed by atoms with van der Waals surface area (Å²) in [5, 5.41) is 0.490. The van der Waals surface area contributed by atoms with Crippen LogP contribution >= 0.6 is 0 Å². The Morgan fingerprint density at radius 3 is 2.88 bits per heavy atom. The smallest absolute Gasteiger partial charge is 0.326 e. The van der Waals surface area contributed by atoms with Crippen molar-refractivity contribution >= 4 is 16.9 Å². The van der Waals surface area contributed by atoms with E-state index in [1.165, 1.54) is 10.9 Å². The first kappa shape index (κ1) is 15.9. The molecule has 2 aromatic heterocycles. The van der Waals surface area contributed by atoms with E-state index in [0.717, 1.165) is 12.0 Å². The highest BCUT2D eigenvalue weighted by atomic mass is 16.5. The molecule has 2 heterocycles. The van der Waals surface area contributed by atoms with Gasteiger partial charge in [-0.3, -0.25) is 19.1 Å². The number of fused-ring (bicyclic) bond motifs is 1. The highest BCUT2D eigenvalue weighted by molar-refractivity contribution is 5.77. The molecule has 6 nitrogen and oxygen atoms in total. The fraction of sp³-hybridized carbons (Fsp3) is 0.222. The van der Waals surface area contributed by atoms with Gasteiger partial charge in [-0.25, -0.2) is 4.98 Å². The highest BCUT2D eigenvalue weighted by Crippen LogP contribution is 2.05. The van der Waals surface area contributed by atoms with E-state index in [1.807, 2.05) is 18.2 Å². The minimum absolute atomic E-state index is 0.135. The van der Waals surface area contributed by atoms with Gasteiger partial charge in [-0.2, -0.15) is 0 Å². The summed E-state index contributed by atoms with van der Waals surface area (Å²) in [6, 6.07) is 10.9. The lowest BCUT2D eigenvalue weighted by Gasteiger charge is -2.07. The molecule has 6 heteroatoms. The molecule has 0 saturated carbocycles. The van der Waals surface area contributed by atoms with Crippen LogP contribution in [0.2, 0.25) is 0 Å². The summed E-state index contributed by atoms with van der Waals surface area (Å²) < 4.78 is 6.46. The minimum Gasteiger partial charge on any atom is -0.464 e. The van der Waals surface area contributed by atoms with Crippen LogP contribution in [0, 0.1) is 0 Å². The van der Waals surface area contributed by atoms with Crippen LogP contribution in [0.3, 0.4) is 0 Å². The molecule has 0 spiro atoms. The summed E-state index contributed by atoms with van der Waals surface area (Å²) in [6.07, 6.45) is 6.39. The molecule has 122 valence electrons. The van der Waals surface area contributed by atoms with E-state index in [9.17, 15) is 9.59 Å². The molecule has 0 unspecified atom stereocenters. The first-order chi connectivity index (χ1) is 11.7. The van der Waals surface area contributed by atoms with Crippen LogP contribution < -0.4 is 5.56 Å². The maximum Gasteiger partial charge on any atom is 0.326 e. The molecule has 0 bridgehead atoms. The van der Waals surface area contributed by atoms with E-state index in [-0.39, 0.29) is 12.1 Å². The molecule has 3 aromatic rings. The number of pyridine rings is 1. The van der Waals surface area contributed by atoms with Gasteiger partial charge in [0, 0.05) is 12.4 Å². The second kappa shape index (κ2) is 7.50. The normalized spacial score (nSPS) is 10.7. The van der Waals surface area contributed by atoms with Gasteiger partial charge in [0.05, 0.1) is 23.8 Å². The van der Waals surface area contributed by atoms with Crippen LogP contribution in [0.5, 0.6) is 0 Å². The Balaban J connectivity index is 1.53. The van der Waals surface area contributed by atoms with Crippen LogP contribution in [0.15, 0.2) is 59.9 Å². The summed E-state index contributed by atoms with van der Waals surface area (Å²) in [7, 11) is 0. The zero-order chi connectivity index (χ0) is 16.8. The fourth-order valence-corrected chi connectivity index (χ4v) is 2.41. The van der Waals surface area contributed by atoms with Gasteiger partial charge in [-0.05, 0) is 36.6 Å². The Hall–Kier alpha value is -3.02. The topological polar surface area (TPSA) is 74.1 Å². The number of rotatable bonds is 6. The van der Waals surface area contributed by atoms with Crippen molar-refractivity contribution in [2.45, 2.75) is 19.4 Å². The lowest BCUT2D eigenvalue weighted by atomic mass is 10.2. The molecule has 3 rings (SSSR count). The van der Waals surface area contributed by atoms with Gasteiger partial charge in [-0.1, -0.05) is 18.2 Å². The minimum atomic E-state index is -0.444. The zero-order valence-electron chi connectivity index (χ0n) is 13.1. The number of ether oxygens (including phenoxy) is 1. The number of aryl methyl sites for hydroxylation is 1. The first-order valence-electron chi connectivity index (χ1n) is 7.73. The predicted molar refractivity (Wildman–Crippen MR) is 89.5 cm³/mol. The number of carbonyl (C=O) groups excluding carboxylic acids is 1. The van der Waals surface area contributed by atoms with Gasteiger partial charge >= 0.3 is 5.97 Å². The number of nitrogens with zero attached hydrogens (tertiary/aromatic N) is 3. The lowest BCUT2D eigenvalue weighted by Crippen LogP contribution is -2.25. The predicted octanol–water partition coefficient (Wildman–Crippen LogP) is 1.97. The summed E-state index contributed by atoms with van der Waals surface area (Å²) in [4.78, 5) is 32.4. The number of hydrogen-bond acceptors (Lipinski definition) is 5. The van der Waals surface area contributed by atoms with Crippen molar-refractivity contribution in [1.29, 1.82) is 0 Å². The van der Waals surface area contributed by atoms with Gasteiger partial charge in [0.25, 0.3) is 5.56 Å². The van der Waals surface area contributed by atoms with Crippen molar-refractivity contribution in [2.75, 3.05) is 6.61 Å². The van der Waals surface area contributed by atoms with Crippen molar-refractivity contribution in [3.8, 4) is 0 Å². The Morgan fingerprint density at radius 2 is 2.04 bits per heavy atom. The molecule has 24 heavy (non-hydrogen) atoms. The van der Waals surface area contributed by atoms with Crippen LogP contribution in [-0.2, 0) is 22.5 Å². The third-order valence-corrected chi connectivity index (χ3v) is 3.63. The summed E-state index contributed by atoms with van der Waals surface area (Å²) in [6.45, 7) is 0.174. The van der Waals surface area contributed by atoms with Crippen molar-refractivity contribution in [3.05, 3.63) is 71.0 Å². The molecule has 0 atom stereocenters. The molecule has 0 amide bonds. The molecule has 1 aromatic carbocycles. The van der Waals surface area contributed by atoms with E-state index in [4.69, 9.17) is 4.74 Å². The SMILES string of the molecule is O=C(Cn1cnc2ccccc2c1=O)OCCCc1cccnc1. The Bertz CT molecular complexity index is 891. The third kappa shape index (κ3) is 3.84. The summed E-state index contributed by atoms with van der Waals surface area (Å²) in [5.41, 5.74) is 1.47. The van der Waals surface area contributed by atoms with Gasteiger partial charge in [0.15, 0.2) is 0 Å². The van der Waals surface area contributed by atoms with Crippen LogP contribution in [0.25, 0.3) is 10.9 Å². The largest absolute Gasteiger partial charge is 0.464 e. The maximum atomic E-state index is 12.3. The number of benzene rings is 1. The average molecular weight is 323 g/mol. The molecule has 0 radical (unpaired) electrons. The summed E-state index contributed by atoms with van der Waals surface area (Å²) >= 11 is 0. The highest BCUT2D eigenvalue weighted by Gasteiger charge is 2.08. The Morgan fingerprint density at radius 1 is 1.17 bits per heavy atom. The van der Waals surface area contributed by atoms with Gasteiger partial charge in [0.1, 0.15) is 6.54 Å². The van der Waals surface area contributed by atoms with Gasteiger partial charge < -0.3 is 4.74 Å². The van der Waals surface area contributed by atoms with Crippen molar-refractivity contribution < 1.29 is 9.53 Å². The van der Waals surface area contributed by atoms with Crippen LogP contribution in [-0.4, -0.2) is 27.1 Å². The van der Waals surface area contributed by atoms with Gasteiger partial charge in [-0.15, -0.1) is 0 Å². The van der Waals surface area contributed by atoms with E-state index in [2.05, 4.69) is 9.97 Å². The maximum absolute atomic E-state index is 12.3. The molecule has 0 saturated heterocycles. The first-order valence-corrected chi connectivity index (χ1v) is 7.73. The standard InChI is InChI=1S/C18H17N3O3/c22-17(24-10-4-6-14-5-3-9-19-11-14)12-21-13-20-16-8-2-1-7-15(16)18(21)23/h1-3,5,7-9,11,13H,4,6,10,12H2. The third-order valence-electron chi connectivity index (χ3n) is 3.63. The molecule has 0 fully saturated rings. The lowest BCUT2D eigenvalue weighted by molar-refractivity contribution is -0.144. The molecule has 0 aliphatic rings. The van der Waals surface area contributed by atoms with E-state index < -0.39 is 5.97 Å². The second-order valence-corrected chi connectivity index (χ2v) is 5.38. The molecule has 0 aliphatic carbocycles. The van der Waals surface area contributed by atoms with Crippen molar-refractivity contribution in [3.63, 3.8) is 0 Å². The van der Waals surface area contributed by atoms with Crippen LogP contribution in [0.1, 0.15) is 12.0 Å². The van der Waals surface area contributed by atoms with E-state index in [0.29, 0.717) is 23.9 Å². The molecule has 0 aliphatic heterocycles. The van der Waals surface area contributed by atoms with Gasteiger partial charge in [0.2, 0.25) is 0 Å². The van der Waals surface area contributed by atoms with E-state index in [1.54, 1.807) is 30.6 Å². The number of carbonyl (C=O) groups is 1. The molecule has 0 N–H and O–H groups in total. The number of para-hydroxylation sites is 1. The molecular formula is C18H17N3O3. The zero-order valence-corrected chi connectivity index (χ0v) is 13.1. The monoisotopic (exact) mass is 323 g/mol. The summed E-state index contributed by atoms with van der Waals surface area (Å²) in [5.74, 6) is -0.444. The Kier molecular flexibility index (Phi) is 4.96. The second-order valence-electron chi connectivity index (χ2n) is 5.38. The number of hydrogen-bond donors (Lipinski definition) is 0. The quantitative estimate of drug-likeness (QED) is 0.512. The Labute approximate surface area is 138 Å². The van der Waals surface area contributed by atoms with Crippen molar-refractivity contribution in [2.24, 2.45) is 0 Å². The van der Waals surface area contributed by atoms with Crippen molar-refractivity contribution in [1.82, 2.24) is 14.5 Å².